The second-order valence-electron chi connectivity index (χ2n) is 8.80. The van der Waals surface area contributed by atoms with E-state index < -0.39 is 0 Å². The Labute approximate surface area is 190 Å². The highest BCUT2D eigenvalue weighted by Gasteiger charge is 2.55. The zero-order chi connectivity index (χ0) is 22.2. The zero-order valence-electron chi connectivity index (χ0n) is 18.1. The van der Waals surface area contributed by atoms with Gasteiger partial charge in [-0.3, -0.25) is 14.3 Å². The van der Waals surface area contributed by atoms with Crippen LogP contribution in [-0.4, -0.2) is 71.9 Å². The van der Waals surface area contributed by atoms with Crippen LogP contribution >= 0.6 is 11.8 Å². The van der Waals surface area contributed by atoms with Crippen LogP contribution in [0.3, 0.4) is 0 Å². The predicted molar refractivity (Wildman–Crippen MR) is 116 cm³/mol. The third-order valence-corrected chi connectivity index (χ3v) is 7.69. The molecular weight excluding hydrogens is 430 g/mol. The van der Waals surface area contributed by atoms with Crippen LogP contribution in [0, 0.1) is 17.8 Å². The molecule has 5 heterocycles. The van der Waals surface area contributed by atoms with E-state index in [0.717, 1.165) is 29.4 Å². The molecule has 2 saturated heterocycles. The van der Waals surface area contributed by atoms with Crippen molar-refractivity contribution in [1.82, 2.24) is 45.5 Å². The average Bonchev–Trinajstić information content (AvgIpc) is 3.54. The lowest BCUT2D eigenvalue weighted by Crippen LogP contribution is -2.64. The fraction of sp³-hybridized carbons (Fsp3) is 0.600. The Morgan fingerprint density at radius 3 is 3.03 bits per heavy atom. The maximum absolute atomic E-state index is 12.8. The van der Waals surface area contributed by atoms with Crippen molar-refractivity contribution in [3.63, 3.8) is 0 Å². The minimum atomic E-state index is -0.268. The van der Waals surface area contributed by atoms with E-state index in [0.29, 0.717) is 5.92 Å². The van der Waals surface area contributed by atoms with E-state index >= 15 is 0 Å². The van der Waals surface area contributed by atoms with Crippen molar-refractivity contribution in [2.24, 2.45) is 17.8 Å². The monoisotopic (exact) mass is 457 g/mol. The molecule has 0 bridgehead atoms. The van der Waals surface area contributed by atoms with E-state index in [2.05, 4.69) is 44.4 Å². The second kappa shape index (κ2) is 8.66. The van der Waals surface area contributed by atoms with Gasteiger partial charge in [0, 0.05) is 40.7 Å². The van der Waals surface area contributed by atoms with Gasteiger partial charge < -0.3 is 15.5 Å². The summed E-state index contributed by atoms with van der Waals surface area (Å²) in [5.74, 6) is 0.431. The zero-order valence-corrected chi connectivity index (χ0v) is 18.9. The Morgan fingerprint density at radius 1 is 1.41 bits per heavy atom. The number of hydrogen-bond acceptors (Lipinski definition) is 8. The number of hydrogen-bond donors (Lipinski definition) is 2. The van der Waals surface area contributed by atoms with Gasteiger partial charge in [-0.25, -0.2) is 4.68 Å². The number of amides is 2. The average molecular weight is 458 g/mol. The number of fused-ring (bicyclic) bond motifs is 1. The third-order valence-electron chi connectivity index (χ3n) is 6.53. The molecule has 11 nitrogen and oxygen atoms in total. The molecule has 3 aliphatic rings. The standard InChI is InChI=1S/C20H27N9O2S/c1-12-16(32-15-6-23-27(8-15)7-14-3-4-21-5-14)9-29-19(12)18(20(29)31)13(2)24-17(30)10-28-11-22-25-26-28/h6,8-9,11-14,18-19,21H,3-5,7,10H2,1-2H3,(H,24,30)/t12-,13+,14?,18+,19+/m0/s1. The lowest BCUT2D eigenvalue weighted by atomic mass is 9.78. The molecule has 2 aromatic rings. The molecule has 3 aliphatic heterocycles. The quantitative estimate of drug-likeness (QED) is 0.535. The minimum absolute atomic E-state index is 0.0302. The molecule has 32 heavy (non-hydrogen) atoms. The maximum atomic E-state index is 12.8. The number of aromatic nitrogens is 6. The fourth-order valence-electron chi connectivity index (χ4n) is 4.87. The maximum Gasteiger partial charge on any atom is 0.242 e. The van der Waals surface area contributed by atoms with Gasteiger partial charge in [0.05, 0.1) is 18.2 Å². The summed E-state index contributed by atoms with van der Waals surface area (Å²) in [7, 11) is 0. The Balaban J connectivity index is 1.17. The number of thioether (sulfide) groups is 1. The van der Waals surface area contributed by atoms with Gasteiger partial charge in [0.15, 0.2) is 0 Å². The van der Waals surface area contributed by atoms with Crippen molar-refractivity contribution in [2.75, 3.05) is 13.1 Å². The topological polar surface area (TPSA) is 123 Å². The number of carbonyl (C=O) groups is 2. The van der Waals surface area contributed by atoms with Gasteiger partial charge in [0.25, 0.3) is 0 Å². The van der Waals surface area contributed by atoms with Gasteiger partial charge in [-0.05, 0) is 42.8 Å². The lowest BCUT2D eigenvalue weighted by Gasteiger charge is -2.46. The van der Waals surface area contributed by atoms with Gasteiger partial charge in [0.2, 0.25) is 11.8 Å². The number of nitrogens with one attached hydrogen (secondary N) is 2. The lowest BCUT2D eigenvalue weighted by molar-refractivity contribution is -0.153. The molecule has 5 atom stereocenters. The summed E-state index contributed by atoms with van der Waals surface area (Å²) in [4.78, 5) is 29.1. The smallest absolute Gasteiger partial charge is 0.242 e. The summed E-state index contributed by atoms with van der Waals surface area (Å²) in [6, 6.07) is -0.205. The molecule has 1 unspecified atom stereocenters. The second-order valence-corrected chi connectivity index (χ2v) is 9.95. The molecule has 12 heteroatoms. The molecule has 5 rings (SSSR count). The van der Waals surface area contributed by atoms with Crippen molar-refractivity contribution in [3.05, 3.63) is 29.8 Å². The number of β-lactam (4-membered cyclic amide) rings is 1. The van der Waals surface area contributed by atoms with E-state index in [-0.39, 0.29) is 42.3 Å². The molecule has 2 amide bonds. The van der Waals surface area contributed by atoms with Crippen molar-refractivity contribution >= 4 is 23.6 Å². The van der Waals surface area contributed by atoms with Crippen molar-refractivity contribution in [1.29, 1.82) is 0 Å². The van der Waals surface area contributed by atoms with Crippen LogP contribution in [0.5, 0.6) is 0 Å². The van der Waals surface area contributed by atoms with Crippen LogP contribution in [0.15, 0.2) is 34.7 Å². The van der Waals surface area contributed by atoms with Gasteiger partial charge in [-0.1, -0.05) is 18.7 Å². The van der Waals surface area contributed by atoms with Gasteiger partial charge in [-0.15, -0.1) is 5.10 Å². The summed E-state index contributed by atoms with van der Waals surface area (Å²) in [6.07, 6.45) is 8.53. The summed E-state index contributed by atoms with van der Waals surface area (Å²) in [6.45, 7) is 7.13. The van der Waals surface area contributed by atoms with Crippen LogP contribution in [-0.2, 0) is 22.7 Å². The van der Waals surface area contributed by atoms with Crippen LogP contribution in [0.2, 0.25) is 0 Å². The molecule has 2 fully saturated rings. The van der Waals surface area contributed by atoms with Crippen LogP contribution < -0.4 is 10.6 Å². The predicted octanol–water partition coefficient (Wildman–Crippen LogP) is 0.0942. The molecule has 0 spiro atoms. The Hall–Kier alpha value is -2.73. The van der Waals surface area contributed by atoms with Gasteiger partial charge >= 0.3 is 0 Å². The molecule has 170 valence electrons. The molecule has 2 N–H and O–H groups in total. The molecular formula is C20H27N9O2S. The first-order chi connectivity index (χ1) is 15.5. The number of carbonyl (C=O) groups excluding carboxylic acids is 2. The van der Waals surface area contributed by atoms with Crippen LogP contribution in [0.1, 0.15) is 20.3 Å². The van der Waals surface area contributed by atoms with E-state index in [9.17, 15) is 9.59 Å². The normalized spacial score (nSPS) is 27.8. The summed E-state index contributed by atoms with van der Waals surface area (Å²) in [5, 5.41) is 21.6. The van der Waals surface area contributed by atoms with E-state index in [4.69, 9.17) is 0 Å². The fourth-order valence-corrected chi connectivity index (χ4v) is 5.90. The highest BCUT2D eigenvalue weighted by molar-refractivity contribution is 8.03. The Morgan fingerprint density at radius 2 is 2.28 bits per heavy atom. The van der Waals surface area contributed by atoms with Crippen LogP contribution in [0.25, 0.3) is 0 Å². The van der Waals surface area contributed by atoms with Gasteiger partial charge in [0.1, 0.15) is 12.9 Å². The molecule has 0 aromatic carbocycles. The summed E-state index contributed by atoms with van der Waals surface area (Å²) >= 11 is 1.67. The molecule has 0 radical (unpaired) electrons. The largest absolute Gasteiger partial charge is 0.351 e. The van der Waals surface area contributed by atoms with Crippen molar-refractivity contribution in [2.45, 2.75) is 50.3 Å². The Kier molecular flexibility index (Phi) is 5.72. The Bertz CT molecular complexity index is 1010. The summed E-state index contributed by atoms with van der Waals surface area (Å²) in [5.41, 5.74) is 0. The SMILES string of the molecule is C[C@@H](NC(=O)Cn1cnnn1)[C@H]1C(=O)N2C=C(Sc3cnn(CC4CCNC4)c3)[C@H](C)[C@H]12. The van der Waals surface area contributed by atoms with Crippen LogP contribution in [0.4, 0.5) is 0 Å². The van der Waals surface area contributed by atoms with E-state index in [1.165, 1.54) is 17.4 Å². The minimum Gasteiger partial charge on any atom is -0.351 e. The first-order valence-corrected chi connectivity index (χ1v) is 11.8. The van der Waals surface area contributed by atoms with Gasteiger partial charge in [-0.2, -0.15) is 5.10 Å². The van der Waals surface area contributed by atoms with E-state index in [1.54, 1.807) is 11.8 Å². The molecule has 0 aliphatic carbocycles. The van der Waals surface area contributed by atoms with E-state index in [1.807, 2.05) is 28.9 Å². The van der Waals surface area contributed by atoms with Crippen molar-refractivity contribution < 1.29 is 9.59 Å². The highest BCUT2D eigenvalue weighted by Crippen LogP contribution is 2.48. The first-order valence-electron chi connectivity index (χ1n) is 10.9. The third kappa shape index (κ3) is 4.04. The number of tetrazole rings is 1. The van der Waals surface area contributed by atoms with Crippen molar-refractivity contribution in [3.8, 4) is 0 Å². The number of nitrogens with zero attached hydrogens (tertiary/aromatic N) is 7. The number of rotatable bonds is 8. The first kappa shape index (κ1) is 21.1. The highest BCUT2D eigenvalue weighted by atomic mass is 32.2. The summed E-state index contributed by atoms with van der Waals surface area (Å²) < 4.78 is 3.38. The molecule has 0 saturated carbocycles. The molecule has 2 aromatic heterocycles.